The number of carbonyl (C=O) groups is 1. The van der Waals surface area contributed by atoms with E-state index in [2.05, 4.69) is 10.3 Å². The Balaban J connectivity index is 1.95. The van der Waals surface area contributed by atoms with Crippen LogP contribution in [0.2, 0.25) is 0 Å². The number of carbonyl (C=O) groups excluding carboxylic acids is 1. The molecule has 2 rings (SSSR count). The number of sulfone groups is 1. The Morgan fingerprint density at radius 1 is 1.10 bits per heavy atom. The number of pyridine rings is 1. The van der Waals surface area contributed by atoms with Crippen LogP contribution < -0.4 is 5.32 Å². The molecule has 0 saturated heterocycles. The first-order valence-electron chi connectivity index (χ1n) is 6.01. The molecule has 1 aromatic heterocycles. The number of rotatable bonds is 5. The summed E-state index contributed by atoms with van der Waals surface area (Å²) < 4.78 is 24.0. The summed E-state index contributed by atoms with van der Waals surface area (Å²) in [6, 6.07) is 11.5. The summed E-state index contributed by atoms with van der Waals surface area (Å²) in [7, 11) is -3.59. The van der Waals surface area contributed by atoms with Gasteiger partial charge in [-0.3, -0.25) is 9.78 Å². The van der Waals surface area contributed by atoms with Crippen LogP contribution in [0, 0.1) is 0 Å². The fraction of sp³-hybridized carbons (Fsp3) is 0.143. The molecule has 0 aliphatic carbocycles. The maximum absolute atomic E-state index is 12.0. The van der Waals surface area contributed by atoms with E-state index in [1.807, 2.05) is 0 Å². The summed E-state index contributed by atoms with van der Waals surface area (Å²) in [4.78, 5) is 15.8. The van der Waals surface area contributed by atoms with Crippen LogP contribution in [0.25, 0.3) is 0 Å². The predicted octanol–water partition coefficient (Wildman–Crippen LogP) is 1.17. The number of nitrogens with zero attached hydrogens (tertiary/aromatic N) is 1. The van der Waals surface area contributed by atoms with Crippen LogP contribution in [0.4, 0.5) is 0 Å². The lowest BCUT2D eigenvalue weighted by molar-refractivity contribution is -0.118. The third kappa shape index (κ3) is 3.89. The van der Waals surface area contributed by atoms with Gasteiger partial charge in [0, 0.05) is 18.9 Å². The zero-order valence-electron chi connectivity index (χ0n) is 10.7. The lowest BCUT2D eigenvalue weighted by Gasteiger charge is -2.06. The van der Waals surface area contributed by atoms with E-state index in [1.54, 1.807) is 42.7 Å². The second-order valence-corrected chi connectivity index (χ2v) is 6.20. The van der Waals surface area contributed by atoms with E-state index in [0.717, 1.165) is 5.56 Å². The molecule has 0 aliphatic heterocycles. The highest BCUT2D eigenvalue weighted by Crippen LogP contribution is 2.09. The molecule has 0 atom stereocenters. The van der Waals surface area contributed by atoms with Crippen molar-refractivity contribution in [2.75, 3.05) is 5.75 Å². The topological polar surface area (TPSA) is 76.1 Å². The molecule has 1 heterocycles. The number of hydrogen-bond acceptors (Lipinski definition) is 4. The molecule has 0 spiro atoms. The highest BCUT2D eigenvalue weighted by molar-refractivity contribution is 7.92. The van der Waals surface area contributed by atoms with Crippen molar-refractivity contribution >= 4 is 15.7 Å². The summed E-state index contributed by atoms with van der Waals surface area (Å²) in [6.45, 7) is 0.261. The molecular formula is C14H14N2O3S. The van der Waals surface area contributed by atoms with Crippen LogP contribution in [0.1, 0.15) is 5.56 Å². The van der Waals surface area contributed by atoms with Gasteiger partial charge in [-0.15, -0.1) is 0 Å². The zero-order valence-corrected chi connectivity index (χ0v) is 11.5. The number of aromatic nitrogens is 1. The Labute approximate surface area is 117 Å². The molecule has 0 bridgehead atoms. The summed E-state index contributed by atoms with van der Waals surface area (Å²) in [6.07, 6.45) is 3.25. The number of nitrogens with one attached hydrogen (secondary N) is 1. The molecule has 5 nitrogen and oxygen atoms in total. The maximum atomic E-state index is 12.0. The standard InChI is InChI=1S/C14H14N2O3S/c17-14(16-10-12-5-4-8-15-9-12)11-20(18,19)13-6-2-1-3-7-13/h1-9H,10-11H2,(H,16,17). The molecule has 2 aromatic rings. The summed E-state index contributed by atoms with van der Waals surface area (Å²) in [5, 5.41) is 2.57. The molecule has 104 valence electrons. The second kappa shape index (κ2) is 6.29. The Morgan fingerprint density at radius 3 is 2.50 bits per heavy atom. The van der Waals surface area contributed by atoms with Gasteiger partial charge in [-0.2, -0.15) is 0 Å². The van der Waals surface area contributed by atoms with Crippen molar-refractivity contribution < 1.29 is 13.2 Å². The van der Waals surface area contributed by atoms with E-state index in [0.29, 0.717) is 0 Å². The molecule has 1 N–H and O–H groups in total. The number of hydrogen-bond donors (Lipinski definition) is 1. The van der Waals surface area contributed by atoms with E-state index in [4.69, 9.17) is 0 Å². The molecule has 1 aromatic carbocycles. The van der Waals surface area contributed by atoms with Crippen molar-refractivity contribution in [2.24, 2.45) is 0 Å². The van der Waals surface area contributed by atoms with Gasteiger partial charge in [-0.05, 0) is 23.8 Å². The van der Waals surface area contributed by atoms with Crippen LogP contribution in [0.15, 0.2) is 59.8 Å². The highest BCUT2D eigenvalue weighted by Gasteiger charge is 2.18. The monoisotopic (exact) mass is 290 g/mol. The molecule has 0 fully saturated rings. The quantitative estimate of drug-likeness (QED) is 0.897. The number of amides is 1. The minimum absolute atomic E-state index is 0.150. The largest absolute Gasteiger partial charge is 0.351 e. The van der Waals surface area contributed by atoms with Crippen molar-refractivity contribution in [3.05, 3.63) is 60.4 Å². The first-order chi connectivity index (χ1) is 9.58. The van der Waals surface area contributed by atoms with Crippen LogP contribution >= 0.6 is 0 Å². The van der Waals surface area contributed by atoms with Crippen molar-refractivity contribution in [3.8, 4) is 0 Å². The summed E-state index contributed by atoms with van der Waals surface area (Å²) in [5.74, 6) is -1.09. The Hall–Kier alpha value is -2.21. The van der Waals surface area contributed by atoms with Gasteiger partial charge in [0.15, 0.2) is 9.84 Å². The zero-order chi connectivity index (χ0) is 14.4. The fourth-order valence-corrected chi connectivity index (χ4v) is 2.82. The third-order valence-electron chi connectivity index (χ3n) is 2.64. The van der Waals surface area contributed by atoms with Crippen LogP contribution in [-0.2, 0) is 21.2 Å². The molecule has 0 unspecified atom stereocenters. The summed E-state index contributed by atoms with van der Waals surface area (Å²) in [5.41, 5.74) is 0.818. The molecule has 0 radical (unpaired) electrons. The summed E-state index contributed by atoms with van der Waals surface area (Å²) >= 11 is 0. The van der Waals surface area contributed by atoms with Crippen molar-refractivity contribution in [1.29, 1.82) is 0 Å². The van der Waals surface area contributed by atoms with Crippen LogP contribution in [0.5, 0.6) is 0 Å². The van der Waals surface area contributed by atoms with Gasteiger partial charge in [0.2, 0.25) is 5.91 Å². The smallest absolute Gasteiger partial charge is 0.235 e. The molecular weight excluding hydrogens is 276 g/mol. The van der Waals surface area contributed by atoms with E-state index in [9.17, 15) is 13.2 Å². The highest BCUT2D eigenvalue weighted by atomic mass is 32.2. The van der Waals surface area contributed by atoms with Crippen molar-refractivity contribution in [2.45, 2.75) is 11.4 Å². The lowest BCUT2D eigenvalue weighted by atomic mass is 10.3. The molecule has 20 heavy (non-hydrogen) atoms. The molecule has 0 aliphatic rings. The van der Waals surface area contributed by atoms with Gasteiger partial charge in [0.25, 0.3) is 0 Å². The van der Waals surface area contributed by atoms with Gasteiger partial charge in [0.05, 0.1) is 4.90 Å². The predicted molar refractivity (Wildman–Crippen MR) is 74.6 cm³/mol. The van der Waals surface area contributed by atoms with E-state index >= 15 is 0 Å². The minimum atomic E-state index is -3.59. The average Bonchev–Trinajstić information content (AvgIpc) is 2.47. The lowest BCUT2D eigenvalue weighted by Crippen LogP contribution is -2.29. The Bertz CT molecular complexity index is 670. The molecule has 1 amide bonds. The normalized spacial score (nSPS) is 11.0. The Kier molecular flexibility index (Phi) is 4.47. The number of benzene rings is 1. The maximum Gasteiger partial charge on any atom is 0.235 e. The van der Waals surface area contributed by atoms with Gasteiger partial charge < -0.3 is 5.32 Å². The second-order valence-electron chi connectivity index (χ2n) is 4.21. The van der Waals surface area contributed by atoms with Gasteiger partial charge in [0.1, 0.15) is 5.75 Å². The van der Waals surface area contributed by atoms with Gasteiger partial charge in [-0.1, -0.05) is 24.3 Å². The molecule has 6 heteroatoms. The van der Waals surface area contributed by atoms with Crippen LogP contribution in [-0.4, -0.2) is 25.1 Å². The van der Waals surface area contributed by atoms with E-state index < -0.39 is 21.5 Å². The van der Waals surface area contributed by atoms with Crippen LogP contribution in [0.3, 0.4) is 0 Å². The Morgan fingerprint density at radius 2 is 1.85 bits per heavy atom. The van der Waals surface area contributed by atoms with Crippen molar-refractivity contribution in [3.63, 3.8) is 0 Å². The molecule has 0 saturated carbocycles. The SMILES string of the molecule is O=C(CS(=O)(=O)c1ccccc1)NCc1cccnc1. The third-order valence-corrected chi connectivity index (χ3v) is 4.27. The minimum Gasteiger partial charge on any atom is -0.351 e. The van der Waals surface area contributed by atoms with E-state index in [1.165, 1.54) is 12.1 Å². The first-order valence-corrected chi connectivity index (χ1v) is 7.66. The first kappa shape index (κ1) is 14.2. The average molecular weight is 290 g/mol. The van der Waals surface area contributed by atoms with E-state index in [-0.39, 0.29) is 11.4 Å². The van der Waals surface area contributed by atoms with Gasteiger partial charge in [-0.25, -0.2) is 8.42 Å². The van der Waals surface area contributed by atoms with Crippen molar-refractivity contribution in [1.82, 2.24) is 10.3 Å². The fourth-order valence-electron chi connectivity index (χ4n) is 1.64. The van der Waals surface area contributed by atoms with Gasteiger partial charge >= 0.3 is 0 Å².